The number of aliphatic carboxylic acids is 1. The lowest BCUT2D eigenvalue weighted by Crippen LogP contribution is -2.45. The summed E-state index contributed by atoms with van der Waals surface area (Å²) in [6.45, 7) is 4.04. The smallest absolute Gasteiger partial charge is 0.308 e. The number of hydrogen-bond donors (Lipinski definition) is 2. The van der Waals surface area contributed by atoms with Gasteiger partial charge in [-0.05, 0) is 19.4 Å². The Labute approximate surface area is 89.4 Å². The minimum absolute atomic E-state index is 0.00259. The van der Waals surface area contributed by atoms with Crippen LogP contribution >= 0.6 is 0 Å². The number of carbonyl (C=O) groups is 2. The molecule has 15 heavy (non-hydrogen) atoms. The third kappa shape index (κ3) is 3.51. The first-order chi connectivity index (χ1) is 7.15. The van der Waals surface area contributed by atoms with E-state index in [9.17, 15) is 9.59 Å². The van der Waals surface area contributed by atoms with Crippen LogP contribution in [0.4, 0.5) is 0 Å². The molecule has 0 unspecified atom stereocenters. The molecule has 0 aliphatic carbocycles. The van der Waals surface area contributed by atoms with Crippen molar-refractivity contribution < 1.29 is 14.7 Å². The van der Waals surface area contributed by atoms with Gasteiger partial charge >= 0.3 is 5.97 Å². The van der Waals surface area contributed by atoms with Crippen LogP contribution < -0.4 is 5.32 Å². The van der Waals surface area contributed by atoms with Crippen molar-refractivity contribution >= 4 is 11.9 Å². The second kappa shape index (κ2) is 5.70. The molecule has 0 aromatic heterocycles. The number of likely N-dealkylation sites (N-methyl/N-ethyl adjacent to an activating group) is 1. The van der Waals surface area contributed by atoms with Crippen LogP contribution in [-0.4, -0.2) is 48.1 Å². The number of rotatable bonds is 4. The third-order valence-corrected chi connectivity index (χ3v) is 2.65. The van der Waals surface area contributed by atoms with Crippen LogP contribution in [-0.2, 0) is 9.59 Å². The minimum Gasteiger partial charge on any atom is -0.481 e. The van der Waals surface area contributed by atoms with E-state index in [-0.39, 0.29) is 11.8 Å². The molecule has 1 aliphatic rings. The summed E-state index contributed by atoms with van der Waals surface area (Å²) >= 11 is 0. The van der Waals surface area contributed by atoms with Crippen LogP contribution in [0.2, 0.25) is 0 Å². The van der Waals surface area contributed by atoms with Crippen molar-refractivity contribution in [1.29, 1.82) is 0 Å². The number of piperidine rings is 1. The average molecular weight is 214 g/mol. The highest BCUT2D eigenvalue weighted by Gasteiger charge is 2.27. The van der Waals surface area contributed by atoms with E-state index in [0.717, 1.165) is 13.0 Å². The Hall–Kier alpha value is -1.10. The highest BCUT2D eigenvalue weighted by Crippen LogP contribution is 2.16. The third-order valence-electron chi connectivity index (χ3n) is 2.65. The number of carboxylic acids is 1. The van der Waals surface area contributed by atoms with Gasteiger partial charge in [0.25, 0.3) is 0 Å². The lowest BCUT2D eigenvalue weighted by molar-refractivity contribution is -0.145. The Kier molecular flexibility index (Phi) is 4.55. The van der Waals surface area contributed by atoms with E-state index in [4.69, 9.17) is 5.11 Å². The number of nitrogens with zero attached hydrogens (tertiary/aromatic N) is 1. The molecule has 86 valence electrons. The van der Waals surface area contributed by atoms with Gasteiger partial charge in [0.2, 0.25) is 5.91 Å². The van der Waals surface area contributed by atoms with Gasteiger partial charge in [-0.2, -0.15) is 0 Å². The van der Waals surface area contributed by atoms with Crippen LogP contribution in [0.15, 0.2) is 0 Å². The summed E-state index contributed by atoms with van der Waals surface area (Å²) in [6.07, 6.45) is 1.47. The zero-order chi connectivity index (χ0) is 11.3. The predicted molar refractivity (Wildman–Crippen MR) is 55.5 cm³/mol. The van der Waals surface area contributed by atoms with Crippen LogP contribution in [0.3, 0.4) is 0 Å². The summed E-state index contributed by atoms with van der Waals surface area (Å²) in [5.41, 5.74) is 0. The number of amides is 1. The van der Waals surface area contributed by atoms with E-state index in [1.54, 1.807) is 4.90 Å². The van der Waals surface area contributed by atoms with Gasteiger partial charge < -0.3 is 15.3 Å². The van der Waals surface area contributed by atoms with E-state index in [1.165, 1.54) is 0 Å². The van der Waals surface area contributed by atoms with Crippen LogP contribution in [0.25, 0.3) is 0 Å². The molecular weight excluding hydrogens is 196 g/mol. The summed E-state index contributed by atoms with van der Waals surface area (Å²) in [5, 5.41) is 11.8. The van der Waals surface area contributed by atoms with Crippen molar-refractivity contribution in [2.24, 2.45) is 5.92 Å². The van der Waals surface area contributed by atoms with Crippen LogP contribution in [0.1, 0.15) is 19.8 Å². The number of carboxylic acid groups (broad SMARTS) is 1. The number of nitrogens with one attached hydrogen (secondary N) is 1. The first-order valence-electron chi connectivity index (χ1n) is 5.36. The largest absolute Gasteiger partial charge is 0.481 e. The lowest BCUT2D eigenvalue weighted by Gasteiger charge is -2.30. The average Bonchev–Trinajstić information content (AvgIpc) is 2.26. The van der Waals surface area contributed by atoms with E-state index in [2.05, 4.69) is 5.32 Å². The molecule has 1 fully saturated rings. The summed E-state index contributed by atoms with van der Waals surface area (Å²) in [6, 6.07) is 0. The standard InChI is InChI=1S/C10H18N2O3/c1-2-11-6-9(13)12-5-3-4-8(7-12)10(14)15/h8,11H,2-7H2,1H3,(H,14,15)/t8-/m1/s1. The van der Waals surface area contributed by atoms with Gasteiger partial charge in [0.05, 0.1) is 12.5 Å². The molecule has 1 rings (SSSR count). The van der Waals surface area contributed by atoms with Gasteiger partial charge in [-0.25, -0.2) is 0 Å². The summed E-state index contributed by atoms with van der Waals surface area (Å²) in [7, 11) is 0. The molecule has 0 aromatic carbocycles. The maximum absolute atomic E-state index is 11.6. The second-order valence-electron chi connectivity index (χ2n) is 3.80. The van der Waals surface area contributed by atoms with E-state index < -0.39 is 5.97 Å². The van der Waals surface area contributed by atoms with Gasteiger partial charge in [-0.3, -0.25) is 9.59 Å². The first kappa shape index (κ1) is 12.0. The fraction of sp³-hybridized carbons (Fsp3) is 0.800. The normalized spacial score (nSPS) is 21.4. The van der Waals surface area contributed by atoms with Gasteiger partial charge in [0, 0.05) is 13.1 Å². The van der Waals surface area contributed by atoms with E-state index in [0.29, 0.717) is 26.1 Å². The Morgan fingerprint density at radius 2 is 2.27 bits per heavy atom. The zero-order valence-corrected chi connectivity index (χ0v) is 9.03. The summed E-state index contributed by atoms with van der Waals surface area (Å²) in [4.78, 5) is 24.0. The molecule has 0 spiro atoms. The van der Waals surface area contributed by atoms with Crippen molar-refractivity contribution in [1.82, 2.24) is 10.2 Å². The molecule has 1 heterocycles. The number of carbonyl (C=O) groups excluding carboxylic acids is 1. The summed E-state index contributed by atoms with van der Waals surface area (Å²) in [5.74, 6) is -1.18. The van der Waals surface area contributed by atoms with Gasteiger partial charge in [-0.15, -0.1) is 0 Å². The maximum Gasteiger partial charge on any atom is 0.308 e. The first-order valence-corrected chi connectivity index (χ1v) is 5.36. The van der Waals surface area contributed by atoms with Crippen molar-refractivity contribution in [3.63, 3.8) is 0 Å². The van der Waals surface area contributed by atoms with Crippen LogP contribution in [0, 0.1) is 5.92 Å². The van der Waals surface area contributed by atoms with Gasteiger partial charge in [-0.1, -0.05) is 6.92 Å². The van der Waals surface area contributed by atoms with E-state index in [1.807, 2.05) is 6.92 Å². The molecule has 1 amide bonds. The molecule has 1 aliphatic heterocycles. The molecule has 0 saturated carbocycles. The molecular formula is C10H18N2O3. The Morgan fingerprint density at radius 3 is 2.87 bits per heavy atom. The SMILES string of the molecule is CCNCC(=O)N1CCC[C@@H](C(=O)O)C1. The summed E-state index contributed by atoms with van der Waals surface area (Å²) < 4.78 is 0. The Morgan fingerprint density at radius 1 is 1.53 bits per heavy atom. The fourth-order valence-electron chi connectivity index (χ4n) is 1.75. The Bertz CT molecular complexity index is 243. The quantitative estimate of drug-likeness (QED) is 0.686. The van der Waals surface area contributed by atoms with Crippen molar-refractivity contribution in [3.05, 3.63) is 0 Å². The maximum atomic E-state index is 11.6. The highest BCUT2D eigenvalue weighted by atomic mass is 16.4. The molecule has 2 N–H and O–H groups in total. The van der Waals surface area contributed by atoms with E-state index >= 15 is 0 Å². The molecule has 1 saturated heterocycles. The molecule has 0 bridgehead atoms. The molecule has 0 aromatic rings. The van der Waals surface area contributed by atoms with Gasteiger partial charge in [0.1, 0.15) is 0 Å². The molecule has 1 atom stereocenters. The zero-order valence-electron chi connectivity index (χ0n) is 9.03. The number of likely N-dealkylation sites (tertiary alicyclic amines) is 1. The topological polar surface area (TPSA) is 69.6 Å². The fourth-order valence-corrected chi connectivity index (χ4v) is 1.75. The monoisotopic (exact) mass is 214 g/mol. The van der Waals surface area contributed by atoms with Gasteiger partial charge in [0.15, 0.2) is 0 Å². The predicted octanol–water partition coefficient (Wildman–Crippen LogP) is -0.0809. The second-order valence-corrected chi connectivity index (χ2v) is 3.80. The lowest BCUT2D eigenvalue weighted by atomic mass is 9.98. The van der Waals surface area contributed by atoms with Crippen molar-refractivity contribution in [2.75, 3.05) is 26.2 Å². The molecule has 5 heteroatoms. The van der Waals surface area contributed by atoms with Crippen molar-refractivity contribution in [3.8, 4) is 0 Å². The minimum atomic E-state index is -0.795. The number of hydrogen-bond acceptors (Lipinski definition) is 3. The molecule has 5 nitrogen and oxygen atoms in total. The Balaban J connectivity index is 2.41. The highest BCUT2D eigenvalue weighted by molar-refractivity contribution is 5.79. The van der Waals surface area contributed by atoms with Crippen molar-refractivity contribution in [2.45, 2.75) is 19.8 Å². The molecule has 0 radical (unpaired) electrons. The van der Waals surface area contributed by atoms with Crippen LogP contribution in [0.5, 0.6) is 0 Å².